The molecule has 0 spiro atoms. The molecule has 18 heteroatoms. The lowest BCUT2D eigenvalue weighted by Gasteiger charge is -2.42. The maximum absolute atomic E-state index is 14.7. The van der Waals surface area contributed by atoms with Gasteiger partial charge in [-0.25, -0.2) is 19.2 Å². The third-order valence-corrected chi connectivity index (χ3v) is 16.4. The van der Waals surface area contributed by atoms with Gasteiger partial charge >= 0.3 is 5.97 Å². The number of pyridine rings is 1. The number of rotatable bonds is 13. The van der Waals surface area contributed by atoms with Crippen LogP contribution in [0.4, 0.5) is 8.78 Å². The first-order valence-corrected chi connectivity index (χ1v) is 26.4. The van der Waals surface area contributed by atoms with Crippen molar-refractivity contribution in [2.24, 2.45) is 23.2 Å². The molecule has 2 amide bonds. The first-order chi connectivity index (χ1) is 34.0. The predicted octanol–water partition coefficient (Wildman–Crippen LogP) is 7.87. The summed E-state index contributed by atoms with van der Waals surface area (Å²) in [5.74, 6) is -1.43. The zero-order valence-electron chi connectivity index (χ0n) is 42.4. The molecule has 0 radical (unpaired) electrons. The molecule has 7 heterocycles. The van der Waals surface area contributed by atoms with Crippen molar-refractivity contribution in [3.63, 3.8) is 0 Å². The quantitative estimate of drug-likeness (QED) is 0.125. The van der Waals surface area contributed by atoms with E-state index in [1.807, 2.05) is 52.3 Å². The summed E-state index contributed by atoms with van der Waals surface area (Å²) in [6.07, 6.45) is 0.765. The summed E-state index contributed by atoms with van der Waals surface area (Å²) in [4.78, 5) is 55.5. The SMILES string of the molecule is CO[C@@H](C)c1ncc([C@@H]2CCN3CCOC[C@@H]3C2)cc1-c1c2c3cc(ccc3n1CCOC(C)C)-c1csc(n1)[C@@H](OCC(F)F)[C@H](NC(=O)[C@H]1[C@H](C)[C@@H]1C)C(=O)N1CCC[C@H](N1)C(=O)OCC(C)(C)C2. The molecular formula is C53H71F2N7O8S. The number of nitrogens with one attached hydrogen (secondary N) is 2. The van der Waals surface area contributed by atoms with Crippen LogP contribution in [0.5, 0.6) is 0 Å². The number of fused-ring (bicyclic) bond motifs is 7. The minimum absolute atomic E-state index is 0.00171. The number of benzene rings is 1. The molecule has 2 N–H and O–H groups in total. The number of hydrogen-bond acceptors (Lipinski definition) is 13. The highest BCUT2D eigenvalue weighted by atomic mass is 32.1. The number of halogens is 2. The van der Waals surface area contributed by atoms with Crippen molar-refractivity contribution in [1.82, 2.24) is 35.2 Å². The van der Waals surface area contributed by atoms with Crippen LogP contribution in [-0.2, 0) is 51.0 Å². The number of cyclic esters (lactones) is 1. The van der Waals surface area contributed by atoms with Gasteiger partial charge in [0.1, 0.15) is 29.8 Å². The van der Waals surface area contributed by atoms with E-state index in [2.05, 4.69) is 52.3 Å². The van der Waals surface area contributed by atoms with Crippen molar-refractivity contribution in [2.45, 2.75) is 136 Å². The van der Waals surface area contributed by atoms with Crippen molar-refractivity contribution in [3.05, 3.63) is 57.7 Å². The Morgan fingerprint density at radius 1 is 1.08 bits per heavy atom. The molecule has 1 saturated carbocycles. The molecule has 4 aromatic rings. The number of carbonyl (C=O) groups excluding carboxylic acids is 3. The first-order valence-electron chi connectivity index (χ1n) is 25.5. The second-order valence-electron chi connectivity index (χ2n) is 21.4. The van der Waals surface area contributed by atoms with Gasteiger partial charge in [-0.15, -0.1) is 11.3 Å². The van der Waals surface area contributed by atoms with E-state index >= 15 is 0 Å². The highest BCUT2D eigenvalue weighted by Gasteiger charge is 2.50. The van der Waals surface area contributed by atoms with E-state index in [1.54, 1.807) is 7.11 Å². The van der Waals surface area contributed by atoms with Crippen LogP contribution in [0.15, 0.2) is 35.8 Å². The number of nitrogens with zero attached hydrogens (tertiary/aromatic N) is 5. The molecule has 1 aliphatic carbocycles. The second-order valence-corrected chi connectivity index (χ2v) is 22.3. The van der Waals surface area contributed by atoms with Gasteiger partial charge < -0.3 is 33.6 Å². The molecule has 9 rings (SSSR count). The fraction of sp³-hybridized carbons (Fsp3) is 0.642. The normalized spacial score (nSPS) is 27.6. The number of morpholine rings is 1. The molecule has 3 aromatic heterocycles. The van der Waals surface area contributed by atoms with E-state index in [9.17, 15) is 23.2 Å². The van der Waals surface area contributed by atoms with Crippen LogP contribution in [-0.4, -0.2) is 133 Å². The standard InChI is InChI=1S/C53H71F2N7O8S/c1-29(2)68-19-17-61-42-12-11-34-21-37(42)39(47(61)38-22-35(24-56-45(38)32(5)66-8)33-13-15-60-16-18-67-25-36(60)20-33)23-53(6,7)28-70-52(65)40-10-9-14-62(59-40)51(64)46(58-49(63)44-30(3)31(44)4)48(69-26-43(54)55)50-57-41(34)27-71-50/h11-12,21-22,24,27,29-33,36,40,43-44,46,48,59H,9-10,13-20,23,25-26,28H2,1-8H3,(H,58,63)/t30-,31+,32-,33+,36-,40-,44+,46-,48-/m0/s1. The zero-order valence-corrected chi connectivity index (χ0v) is 43.2. The van der Waals surface area contributed by atoms with Gasteiger partial charge in [0.15, 0.2) is 0 Å². The van der Waals surface area contributed by atoms with Gasteiger partial charge in [-0.05, 0) is 106 Å². The summed E-state index contributed by atoms with van der Waals surface area (Å²) in [5.41, 5.74) is 9.68. The topological polar surface area (TPSA) is 159 Å². The Hall–Kier alpha value is -4.43. The Morgan fingerprint density at radius 2 is 1.89 bits per heavy atom. The van der Waals surface area contributed by atoms with Crippen LogP contribution in [0, 0.1) is 23.2 Å². The zero-order chi connectivity index (χ0) is 50.3. The smallest absolute Gasteiger partial charge is 0.324 e. The number of amides is 2. The van der Waals surface area contributed by atoms with Gasteiger partial charge in [0, 0.05) is 77.7 Å². The van der Waals surface area contributed by atoms with E-state index in [1.165, 1.54) is 16.3 Å². The molecule has 1 aromatic carbocycles. The number of carbonyl (C=O) groups is 3. The van der Waals surface area contributed by atoms with E-state index in [4.69, 9.17) is 33.7 Å². The number of aromatic nitrogens is 3. The minimum Gasteiger partial charge on any atom is -0.464 e. The van der Waals surface area contributed by atoms with Crippen LogP contribution < -0.4 is 10.7 Å². The highest BCUT2D eigenvalue weighted by molar-refractivity contribution is 7.10. The fourth-order valence-electron chi connectivity index (χ4n) is 11.2. The molecule has 4 aliphatic heterocycles. The lowest BCUT2D eigenvalue weighted by atomic mass is 9.82. The Labute approximate surface area is 419 Å². The lowest BCUT2D eigenvalue weighted by Crippen LogP contribution is -2.61. The number of thiazole rings is 1. The van der Waals surface area contributed by atoms with Crippen LogP contribution in [0.3, 0.4) is 0 Å². The molecular weight excluding hydrogens is 933 g/mol. The van der Waals surface area contributed by atoms with Gasteiger partial charge in [-0.2, -0.15) is 0 Å². The second kappa shape index (κ2) is 21.6. The highest BCUT2D eigenvalue weighted by Crippen LogP contribution is 2.47. The largest absolute Gasteiger partial charge is 0.464 e. The molecule has 5 aliphatic rings. The maximum atomic E-state index is 14.7. The van der Waals surface area contributed by atoms with Crippen molar-refractivity contribution in [3.8, 4) is 22.5 Å². The Morgan fingerprint density at radius 3 is 2.63 bits per heavy atom. The Kier molecular flexibility index (Phi) is 15.6. The Bertz CT molecular complexity index is 2560. The molecule has 71 heavy (non-hydrogen) atoms. The maximum Gasteiger partial charge on any atom is 0.324 e. The first kappa shape index (κ1) is 51.5. The molecule has 3 saturated heterocycles. The van der Waals surface area contributed by atoms with Gasteiger partial charge in [0.05, 0.1) is 55.7 Å². The average molecular weight is 1000 g/mol. The van der Waals surface area contributed by atoms with E-state index in [0.29, 0.717) is 44.1 Å². The number of methoxy groups -OCH3 is 1. The van der Waals surface area contributed by atoms with Gasteiger partial charge in [0.2, 0.25) is 5.91 Å². The van der Waals surface area contributed by atoms with Crippen molar-refractivity contribution in [2.75, 3.05) is 59.8 Å². The number of alkyl halides is 2. The molecule has 15 nitrogen and oxygen atoms in total. The predicted molar refractivity (Wildman–Crippen MR) is 266 cm³/mol. The van der Waals surface area contributed by atoms with Crippen LogP contribution in [0.25, 0.3) is 33.4 Å². The minimum atomic E-state index is -2.86. The molecule has 386 valence electrons. The van der Waals surface area contributed by atoms with Gasteiger partial charge in [-0.1, -0.05) is 33.8 Å². The average Bonchev–Trinajstić information content (AvgIpc) is 3.61. The summed E-state index contributed by atoms with van der Waals surface area (Å²) in [6, 6.07) is 6.55. The molecule has 0 unspecified atom stereocenters. The number of hydrazine groups is 1. The number of ether oxygens (including phenoxy) is 5. The fourth-order valence-corrected chi connectivity index (χ4v) is 12.1. The van der Waals surface area contributed by atoms with Gasteiger partial charge in [0.25, 0.3) is 12.3 Å². The van der Waals surface area contributed by atoms with E-state index in [0.717, 1.165) is 83.7 Å². The third-order valence-electron chi connectivity index (χ3n) is 15.5. The van der Waals surface area contributed by atoms with Crippen LogP contribution in [0.2, 0.25) is 0 Å². The van der Waals surface area contributed by atoms with Crippen molar-refractivity contribution < 1.29 is 46.8 Å². The van der Waals surface area contributed by atoms with Crippen LogP contribution >= 0.6 is 11.3 Å². The van der Waals surface area contributed by atoms with E-state index < -0.39 is 48.5 Å². The number of esters is 1. The summed E-state index contributed by atoms with van der Waals surface area (Å²) in [7, 11) is 1.70. The Balaban J connectivity index is 1.22. The summed E-state index contributed by atoms with van der Waals surface area (Å²) >= 11 is 1.18. The summed E-state index contributed by atoms with van der Waals surface area (Å²) < 4.78 is 60.9. The third kappa shape index (κ3) is 11.1. The van der Waals surface area contributed by atoms with Gasteiger partial charge in [-0.3, -0.25) is 29.3 Å². The monoisotopic (exact) mass is 1000 g/mol. The number of hydrogen-bond donors (Lipinski definition) is 2. The van der Waals surface area contributed by atoms with E-state index in [-0.39, 0.29) is 59.9 Å². The van der Waals surface area contributed by atoms with Crippen LogP contribution in [0.1, 0.15) is 114 Å². The molecule has 6 bridgehead atoms. The van der Waals surface area contributed by atoms with Crippen molar-refractivity contribution in [1.29, 1.82) is 0 Å². The van der Waals surface area contributed by atoms with Crippen molar-refractivity contribution >= 4 is 40.0 Å². The number of piperidine rings is 1. The molecule has 4 fully saturated rings. The summed E-state index contributed by atoms with van der Waals surface area (Å²) in [6.45, 7) is 17.8. The molecule has 9 atom stereocenters. The lowest BCUT2D eigenvalue weighted by molar-refractivity contribution is -0.157. The summed E-state index contributed by atoms with van der Waals surface area (Å²) in [5, 5.41) is 7.25.